The molecule has 0 radical (unpaired) electrons. The number of aryl methyl sites for hydroxylation is 1. The molecule has 0 spiro atoms. The smallest absolute Gasteiger partial charge is 0.0219 e. The topological polar surface area (TPSA) is 0 Å². The summed E-state index contributed by atoms with van der Waals surface area (Å²) in [5.74, 6) is 1.80. The molecule has 6 aromatic rings. The Bertz CT molecular complexity index is 1840. The molecule has 47 heavy (non-hydrogen) atoms. The van der Waals surface area contributed by atoms with Crippen LogP contribution in [0, 0.1) is 6.92 Å². The fraction of sp³-hybridized carbons (Fsp3) is 0.302. The van der Waals surface area contributed by atoms with Crippen LogP contribution in [0.2, 0.25) is 13.1 Å². The Morgan fingerprint density at radius 1 is 0.617 bits per heavy atom. The minimum absolute atomic E-state index is 0. The predicted octanol–water partition coefficient (Wildman–Crippen LogP) is 7.31. The number of hydrogen-bond acceptors (Lipinski definition) is 0. The molecule has 0 N–H and O–H groups in total. The molecule has 0 amide bonds. The quantitative estimate of drug-likeness (QED) is 0.124. The third-order valence-corrected chi connectivity index (χ3v) is 8.63. The monoisotopic (exact) mass is 754 g/mol. The zero-order chi connectivity index (χ0) is 32.7. The molecule has 0 aliphatic heterocycles. The number of rotatable bonds is 6. The molecular weight excluding hydrogens is 707 g/mol. The zero-order valence-electron chi connectivity index (χ0n) is 29.6. The van der Waals surface area contributed by atoms with E-state index in [1.54, 1.807) is 23.3 Å². The summed E-state index contributed by atoms with van der Waals surface area (Å²) < 4.78 is 0. The van der Waals surface area contributed by atoms with Crippen LogP contribution in [0.25, 0.3) is 43.8 Å². The molecule has 0 heterocycles. The summed E-state index contributed by atoms with van der Waals surface area (Å²) in [7, 11) is 0. The fourth-order valence-electron chi connectivity index (χ4n) is 5.76. The maximum absolute atomic E-state index is 2.38. The largest absolute Gasteiger partial charge is 1.00 e. The van der Waals surface area contributed by atoms with Crippen molar-refractivity contribution < 1.29 is 48.1 Å². The van der Waals surface area contributed by atoms with Gasteiger partial charge in [-0.2, -0.15) is 12.1 Å². The van der Waals surface area contributed by atoms with Gasteiger partial charge in [-0.05, 0) is 40.0 Å². The SMILES string of the molecule is CCC(C)c1cc2c(-c3ccc(C(C)C)cc3)cccc2[cH-]1.C[Si](C)=[Zr+2].Cc1cc2c(-c3ccc(C(C)C)cc3)cccc2[cH-]1.[Cl-].[Cl-]. The van der Waals surface area contributed by atoms with E-state index >= 15 is 0 Å². The van der Waals surface area contributed by atoms with Crippen LogP contribution >= 0.6 is 0 Å². The summed E-state index contributed by atoms with van der Waals surface area (Å²) in [6, 6.07) is 40.5. The molecule has 0 saturated carbocycles. The maximum atomic E-state index is 2.38. The summed E-state index contributed by atoms with van der Waals surface area (Å²) in [6.45, 7) is 20.3. The van der Waals surface area contributed by atoms with Crippen LogP contribution in [0.1, 0.15) is 88.0 Å². The first-order valence-electron chi connectivity index (χ1n) is 16.6. The predicted molar refractivity (Wildman–Crippen MR) is 199 cm³/mol. The van der Waals surface area contributed by atoms with Gasteiger partial charge >= 0.3 is 41.9 Å². The van der Waals surface area contributed by atoms with E-state index in [1.165, 1.54) is 72.5 Å². The third kappa shape index (κ3) is 10.9. The molecule has 0 aromatic heterocycles. The number of benzene rings is 4. The van der Waals surface area contributed by atoms with Crippen LogP contribution in [0.15, 0.2) is 109 Å². The molecule has 6 aromatic carbocycles. The van der Waals surface area contributed by atoms with Gasteiger partial charge in [0.05, 0.1) is 0 Å². The summed E-state index contributed by atoms with van der Waals surface area (Å²) in [6.07, 6.45) is 1.19. The van der Waals surface area contributed by atoms with Gasteiger partial charge in [0.15, 0.2) is 0 Å². The van der Waals surface area contributed by atoms with Crippen molar-refractivity contribution in [3.63, 3.8) is 0 Å². The molecule has 0 aliphatic carbocycles. The Balaban J connectivity index is 0.000000285. The summed E-state index contributed by atoms with van der Waals surface area (Å²) in [5, 5.41) is 5.44. The van der Waals surface area contributed by atoms with E-state index in [0.29, 0.717) is 17.8 Å². The first-order chi connectivity index (χ1) is 21.5. The van der Waals surface area contributed by atoms with Gasteiger partial charge in [0.25, 0.3) is 0 Å². The van der Waals surface area contributed by atoms with Crippen LogP contribution in [-0.4, -0.2) is 5.43 Å². The molecule has 4 heteroatoms. The van der Waals surface area contributed by atoms with Crippen molar-refractivity contribution in [2.75, 3.05) is 0 Å². The third-order valence-electron chi connectivity index (χ3n) is 8.63. The molecule has 0 nitrogen and oxygen atoms in total. The molecule has 0 bridgehead atoms. The van der Waals surface area contributed by atoms with Crippen molar-refractivity contribution in [3.05, 3.63) is 131 Å². The van der Waals surface area contributed by atoms with Crippen molar-refractivity contribution in [1.82, 2.24) is 0 Å². The van der Waals surface area contributed by atoms with E-state index in [0.717, 1.165) is 0 Å². The standard InChI is InChI=1S/C22H25.C19H19.C2H6Si.2ClH.Zr/c1-5-16(4)20-13-19-7-6-8-21(22(19)14-20)18-11-9-17(10-12-18)15(2)3;1-13(2)15-7-9-16(10-8-15)18-6-4-5-17-11-14(3)12-19(17)18;1-3-2;;;/h6-16H,5H2,1-4H3;4-13H,1-3H3;1-2H3;2*1H;/q2*-1;;;;+2/p-2. The van der Waals surface area contributed by atoms with Crippen LogP contribution in [0.3, 0.4) is 0 Å². The van der Waals surface area contributed by atoms with Crippen molar-refractivity contribution in [2.24, 2.45) is 0 Å². The molecule has 1 atom stereocenters. The second-order valence-corrected chi connectivity index (χ2v) is 22.7. The summed E-state index contributed by atoms with van der Waals surface area (Å²) in [4.78, 5) is 0. The van der Waals surface area contributed by atoms with Gasteiger partial charge in [-0.15, -0.1) is 69.1 Å². The first-order valence-corrected chi connectivity index (χ1v) is 22.7. The Morgan fingerprint density at radius 2 is 1.02 bits per heavy atom. The molecule has 6 rings (SSSR count). The zero-order valence-corrected chi connectivity index (χ0v) is 34.6. The van der Waals surface area contributed by atoms with E-state index in [9.17, 15) is 0 Å². The van der Waals surface area contributed by atoms with Crippen molar-refractivity contribution >= 4 is 27.0 Å². The number of hydrogen-bond donors (Lipinski definition) is 0. The number of halogens is 2. The minimum Gasteiger partial charge on any atom is -1.00 e. The second kappa shape index (κ2) is 19.1. The van der Waals surface area contributed by atoms with Gasteiger partial charge in [-0.1, -0.05) is 127 Å². The van der Waals surface area contributed by atoms with Gasteiger partial charge < -0.3 is 24.8 Å². The van der Waals surface area contributed by atoms with Gasteiger partial charge in [0.1, 0.15) is 0 Å². The van der Waals surface area contributed by atoms with Crippen LogP contribution in [0.4, 0.5) is 0 Å². The Hall–Kier alpha value is -2.22. The van der Waals surface area contributed by atoms with Crippen LogP contribution in [-0.2, 0) is 23.3 Å². The Morgan fingerprint density at radius 3 is 1.43 bits per heavy atom. The van der Waals surface area contributed by atoms with Gasteiger partial charge in [-0.25, -0.2) is 0 Å². The number of fused-ring (bicyclic) bond motifs is 2. The summed E-state index contributed by atoms with van der Waals surface area (Å²) >= 11 is 1.74. The normalized spacial score (nSPS) is 11.3. The average Bonchev–Trinajstić information content (AvgIpc) is 3.64. The Kier molecular flexibility index (Phi) is 16.6. The molecule has 1 unspecified atom stereocenters. The van der Waals surface area contributed by atoms with Crippen molar-refractivity contribution in [3.8, 4) is 22.3 Å². The van der Waals surface area contributed by atoms with Crippen molar-refractivity contribution in [1.29, 1.82) is 0 Å². The van der Waals surface area contributed by atoms with E-state index in [1.807, 2.05) is 0 Å². The van der Waals surface area contributed by atoms with Gasteiger partial charge in [0.2, 0.25) is 0 Å². The first kappa shape index (κ1) is 41.0. The van der Waals surface area contributed by atoms with Crippen LogP contribution in [0.5, 0.6) is 0 Å². The molecule has 0 aliphatic rings. The van der Waals surface area contributed by atoms with E-state index in [2.05, 4.69) is 171 Å². The van der Waals surface area contributed by atoms with Crippen LogP contribution < -0.4 is 24.8 Å². The minimum atomic E-state index is 0. The van der Waals surface area contributed by atoms with E-state index in [-0.39, 0.29) is 30.2 Å². The Labute approximate surface area is 312 Å². The molecule has 246 valence electrons. The summed E-state index contributed by atoms with van der Waals surface area (Å²) in [5.41, 5.74) is 11.1. The van der Waals surface area contributed by atoms with Gasteiger partial charge in [0, 0.05) is 0 Å². The molecular formula is C43H50Cl2SiZr-2. The van der Waals surface area contributed by atoms with E-state index in [4.69, 9.17) is 0 Å². The maximum Gasteiger partial charge on any atom is -0.0219 e. The van der Waals surface area contributed by atoms with E-state index < -0.39 is 0 Å². The molecule has 0 saturated heterocycles. The van der Waals surface area contributed by atoms with Crippen molar-refractivity contribution in [2.45, 2.75) is 85.7 Å². The molecule has 0 fully saturated rings. The average molecular weight is 757 g/mol. The van der Waals surface area contributed by atoms with Gasteiger partial charge in [-0.3, -0.25) is 0 Å². The second-order valence-electron chi connectivity index (χ2n) is 13.3. The fourth-order valence-corrected chi connectivity index (χ4v) is 5.76.